The minimum Gasteiger partial charge on any atom is -0.396 e. The molecule has 1 N–H and O–H groups in total. The van der Waals surface area contributed by atoms with E-state index in [1.54, 1.807) is 0 Å². The van der Waals surface area contributed by atoms with E-state index in [4.69, 9.17) is 5.11 Å². The molecule has 1 atom stereocenters. The van der Waals surface area contributed by atoms with Crippen molar-refractivity contribution in [3.8, 4) is 0 Å². The minimum absolute atomic E-state index is 0.311. The van der Waals surface area contributed by atoms with E-state index in [1.807, 2.05) is 11.8 Å². The molecule has 1 nitrogen and oxygen atoms in total. The second-order valence-corrected chi connectivity index (χ2v) is 5.37. The average molecular weight is 238 g/mol. The third kappa shape index (κ3) is 5.57. The summed E-state index contributed by atoms with van der Waals surface area (Å²) in [6, 6.07) is 10.7. The maximum Gasteiger partial charge on any atom is 0.0521 e. The summed E-state index contributed by atoms with van der Waals surface area (Å²) < 4.78 is 0. The Hall–Kier alpha value is -0.470. The fourth-order valence-corrected chi connectivity index (χ4v) is 2.51. The molecule has 0 heterocycles. The molecule has 0 bridgehead atoms. The molecule has 0 spiro atoms. The van der Waals surface area contributed by atoms with Crippen LogP contribution in [0.15, 0.2) is 30.3 Å². The fraction of sp³-hybridized carbons (Fsp3) is 0.571. The van der Waals surface area contributed by atoms with Crippen LogP contribution in [0.5, 0.6) is 0 Å². The van der Waals surface area contributed by atoms with Crippen molar-refractivity contribution >= 4 is 11.8 Å². The molecule has 2 heteroatoms. The quantitative estimate of drug-likeness (QED) is 0.697. The highest BCUT2D eigenvalue weighted by Crippen LogP contribution is 2.21. The smallest absolute Gasteiger partial charge is 0.0521 e. The summed E-state index contributed by atoms with van der Waals surface area (Å²) in [7, 11) is 0. The molecule has 0 saturated carbocycles. The van der Waals surface area contributed by atoms with E-state index in [0.29, 0.717) is 12.5 Å². The van der Waals surface area contributed by atoms with Gasteiger partial charge in [-0.2, -0.15) is 11.8 Å². The van der Waals surface area contributed by atoms with Gasteiger partial charge in [0.05, 0.1) is 6.61 Å². The van der Waals surface area contributed by atoms with E-state index >= 15 is 0 Å². The zero-order valence-electron chi connectivity index (χ0n) is 10.1. The van der Waals surface area contributed by atoms with E-state index in [2.05, 4.69) is 37.3 Å². The molecule has 1 unspecified atom stereocenters. The molecule has 1 aromatic carbocycles. The van der Waals surface area contributed by atoms with Gasteiger partial charge in [-0.3, -0.25) is 0 Å². The predicted molar refractivity (Wildman–Crippen MR) is 73.1 cm³/mol. The summed E-state index contributed by atoms with van der Waals surface area (Å²) in [6.45, 7) is 2.61. The molecule has 1 rings (SSSR count). The van der Waals surface area contributed by atoms with Gasteiger partial charge >= 0.3 is 0 Å². The highest BCUT2D eigenvalue weighted by molar-refractivity contribution is 7.99. The average Bonchev–Trinajstić information content (AvgIpc) is 2.34. The zero-order chi connectivity index (χ0) is 11.6. The van der Waals surface area contributed by atoms with Gasteiger partial charge in [-0.25, -0.2) is 0 Å². The first-order valence-corrected chi connectivity index (χ1v) is 7.23. The number of aliphatic hydroxyl groups excluding tert-OH is 1. The number of rotatable bonds is 8. The van der Waals surface area contributed by atoms with Crippen LogP contribution in [0.2, 0.25) is 0 Å². The molecule has 0 fully saturated rings. The van der Waals surface area contributed by atoms with E-state index < -0.39 is 0 Å². The Morgan fingerprint density at radius 1 is 1.12 bits per heavy atom. The number of benzene rings is 1. The second-order valence-electron chi connectivity index (χ2n) is 4.14. The van der Waals surface area contributed by atoms with Crippen LogP contribution in [0.3, 0.4) is 0 Å². The van der Waals surface area contributed by atoms with E-state index in [-0.39, 0.29) is 0 Å². The molecule has 16 heavy (non-hydrogen) atoms. The van der Waals surface area contributed by atoms with E-state index in [9.17, 15) is 0 Å². The maximum absolute atomic E-state index is 8.64. The number of unbranched alkanes of at least 4 members (excludes halogenated alkanes) is 1. The predicted octanol–water partition coefficient (Wildman–Crippen LogP) is 3.69. The summed E-state index contributed by atoms with van der Waals surface area (Å²) in [5.41, 5.74) is 1.45. The Morgan fingerprint density at radius 2 is 1.88 bits per heavy atom. The van der Waals surface area contributed by atoms with E-state index in [1.165, 1.54) is 30.6 Å². The highest BCUT2D eigenvalue weighted by atomic mass is 32.2. The van der Waals surface area contributed by atoms with Crippen molar-refractivity contribution in [1.82, 2.24) is 0 Å². The van der Waals surface area contributed by atoms with Gasteiger partial charge in [-0.1, -0.05) is 43.7 Å². The first kappa shape index (κ1) is 13.6. The summed E-state index contributed by atoms with van der Waals surface area (Å²) in [4.78, 5) is 0. The van der Waals surface area contributed by atoms with Gasteiger partial charge in [0, 0.05) is 5.75 Å². The van der Waals surface area contributed by atoms with Gasteiger partial charge in [0.1, 0.15) is 0 Å². The molecule has 1 aromatic rings. The van der Waals surface area contributed by atoms with Gasteiger partial charge in [0.15, 0.2) is 0 Å². The van der Waals surface area contributed by atoms with Crippen molar-refractivity contribution in [2.45, 2.75) is 32.1 Å². The molecule has 0 saturated heterocycles. The van der Waals surface area contributed by atoms with Gasteiger partial charge in [-0.15, -0.1) is 0 Å². The molecule has 0 aliphatic rings. The Labute approximate surface area is 103 Å². The van der Waals surface area contributed by atoms with Crippen LogP contribution in [-0.4, -0.2) is 23.2 Å². The lowest BCUT2D eigenvalue weighted by Crippen LogP contribution is -1.94. The SMILES string of the molecule is CC(CCCCSCCO)c1ccccc1. The Bertz CT molecular complexity index is 261. The lowest BCUT2D eigenvalue weighted by Gasteiger charge is -2.11. The lowest BCUT2D eigenvalue weighted by molar-refractivity contribution is 0.322. The molecule has 0 aromatic heterocycles. The standard InChI is InChI=1S/C14H22OS/c1-13(14-8-3-2-4-9-14)7-5-6-11-16-12-10-15/h2-4,8-9,13,15H,5-7,10-12H2,1H3. The number of thioether (sulfide) groups is 1. The van der Waals surface area contributed by atoms with Gasteiger partial charge in [-0.05, 0) is 30.1 Å². The first-order chi connectivity index (χ1) is 7.84. The summed E-state index contributed by atoms with van der Waals surface area (Å²) in [5, 5.41) is 8.64. The largest absolute Gasteiger partial charge is 0.396 e. The third-order valence-electron chi connectivity index (χ3n) is 2.78. The van der Waals surface area contributed by atoms with Gasteiger partial charge in [0.25, 0.3) is 0 Å². The van der Waals surface area contributed by atoms with Gasteiger partial charge < -0.3 is 5.11 Å². The molecular weight excluding hydrogens is 216 g/mol. The number of hydrogen-bond donors (Lipinski definition) is 1. The van der Waals surface area contributed by atoms with Gasteiger partial charge in [0.2, 0.25) is 0 Å². The summed E-state index contributed by atoms with van der Waals surface area (Å²) >= 11 is 1.85. The number of aliphatic hydroxyl groups is 1. The van der Waals surface area contributed by atoms with Crippen LogP contribution in [0.25, 0.3) is 0 Å². The Balaban J connectivity index is 2.09. The van der Waals surface area contributed by atoms with Crippen molar-refractivity contribution in [1.29, 1.82) is 0 Å². The van der Waals surface area contributed by atoms with E-state index in [0.717, 1.165) is 5.75 Å². The maximum atomic E-state index is 8.64. The Morgan fingerprint density at radius 3 is 2.56 bits per heavy atom. The van der Waals surface area contributed by atoms with Crippen molar-refractivity contribution in [3.63, 3.8) is 0 Å². The van der Waals surface area contributed by atoms with Crippen molar-refractivity contribution in [2.24, 2.45) is 0 Å². The monoisotopic (exact) mass is 238 g/mol. The van der Waals surface area contributed by atoms with Crippen LogP contribution in [-0.2, 0) is 0 Å². The summed E-state index contributed by atoms with van der Waals surface area (Å²) in [5.74, 6) is 2.74. The van der Waals surface area contributed by atoms with Crippen LogP contribution in [0.1, 0.15) is 37.7 Å². The normalized spacial score (nSPS) is 12.6. The molecular formula is C14H22OS. The topological polar surface area (TPSA) is 20.2 Å². The van der Waals surface area contributed by atoms with Crippen LogP contribution in [0.4, 0.5) is 0 Å². The molecule has 0 radical (unpaired) electrons. The van der Waals surface area contributed by atoms with Crippen molar-refractivity contribution in [2.75, 3.05) is 18.1 Å². The lowest BCUT2D eigenvalue weighted by atomic mass is 9.96. The summed E-state index contributed by atoms with van der Waals surface area (Å²) in [6.07, 6.45) is 3.82. The third-order valence-corrected chi connectivity index (χ3v) is 3.83. The zero-order valence-corrected chi connectivity index (χ0v) is 10.9. The molecule has 0 aliphatic heterocycles. The highest BCUT2D eigenvalue weighted by Gasteiger charge is 2.03. The number of hydrogen-bond acceptors (Lipinski definition) is 2. The van der Waals surface area contributed by atoms with Crippen LogP contribution >= 0.6 is 11.8 Å². The molecule has 0 amide bonds. The molecule has 0 aliphatic carbocycles. The van der Waals surface area contributed by atoms with Crippen molar-refractivity contribution < 1.29 is 5.11 Å². The Kier molecular flexibility index (Phi) is 7.35. The second kappa shape index (κ2) is 8.66. The minimum atomic E-state index is 0.311. The fourth-order valence-electron chi connectivity index (χ4n) is 1.77. The van der Waals surface area contributed by atoms with Crippen molar-refractivity contribution in [3.05, 3.63) is 35.9 Å². The molecule has 90 valence electrons. The van der Waals surface area contributed by atoms with Crippen LogP contribution < -0.4 is 0 Å². The van der Waals surface area contributed by atoms with Crippen LogP contribution in [0, 0.1) is 0 Å². The first-order valence-electron chi connectivity index (χ1n) is 6.08.